The standard InChI is InChI=1S/C26H31O3P/c1-4-7-16-23-24(22-17-12-11-13-19(22)5-2)18-25(29-30(27)28)21(6-3)26(23)20-14-9-8-10-15-20/h8-15,17-18,27-28H,4-7,16H2,1-3H3. The maximum Gasteiger partial charge on any atom is 0.391 e. The molecule has 3 aromatic carbocycles. The predicted molar refractivity (Wildman–Crippen MR) is 127 cm³/mol. The van der Waals surface area contributed by atoms with E-state index in [-0.39, 0.29) is 0 Å². The van der Waals surface area contributed by atoms with Gasteiger partial charge in [0, 0.05) is 5.56 Å². The molecule has 0 radical (unpaired) electrons. The molecule has 0 aliphatic carbocycles. The zero-order valence-electron chi connectivity index (χ0n) is 18.1. The average Bonchev–Trinajstić information content (AvgIpc) is 2.77. The first-order valence-corrected chi connectivity index (χ1v) is 11.9. The van der Waals surface area contributed by atoms with Crippen LogP contribution in [0.2, 0.25) is 0 Å². The maximum absolute atomic E-state index is 9.66. The Labute approximate surface area is 181 Å². The molecule has 158 valence electrons. The molecule has 0 saturated heterocycles. The van der Waals surface area contributed by atoms with Crippen LogP contribution in [-0.2, 0) is 19.3 Å². The fourth-order valence-electron chi connectivity index (χ4n) is 4.16. The van der Waals surface area contributed by atoms with Crippen LogP contribution in [0.1, 0.15) is 50.3 Å². The summed E-state index contributed by atoms with van der Waals surface area (Å²) in [6.07, 6.45) is 4.85. The normalized spacial score (nSPS) is 11.1. The fourth-order valence-corrected chi connectivity index (χ4v) is 4.50. The molecule has 0 heterocycles. The summed E-state index contributed by atoms with van der Waals surface area (Å²) >= 11 is 0. The van der Waals surface area contributed by atoms with E-state index in [0.29, 0.717) is 5.75 Å². The molecular weight excluding hydrogens is 391 g/mol. The smallest absolute Gasteiger partial charge is 0.391 e. The van der Waals surface area contributed by atoms with Crippen LogP contribution in [0.3, 0.4) is 0 Å². The molecule has 4 heteroatoms. The predicted octanol–water partition coefficient (Wildman–Crippen LogP) is 7.08. The van der Waals surface area contributed by atoms with Crippen molar-refractivity contribution in [3.63, 3.8) is 0 Å². The minimum atomic E-state index is -2.49. The molecule has 0 aliphatic heterocycles. The Balaban J connectivity index is 2.39. The molecule has 0 aliphatic rings. The van der Waals surface area contributed by atoms with Crippen LogP contribution in [0, 0.1) is 0 Å². The largest absolute Gasteiger partial charge is 0.427 e. The molecule has 0 atom stereocenters. The number of benzene rings is 3. The molecular formula is C26H31O3P. The van der Waals surface area contributed by atoms with Crippen LogP contribution < -0.4 is 4.52 Å². The molecule has 0 bridgehead atoms. The highest BCUT2D eigenvalue weighted by molar-refractivity contribution is 7.39. The van der Waals surface area contributed by atoms with Crippen LogP contribution in [0.25, 0.3) is 22.3 Å². The summed E-state index contributed by atoms with van der Waals surface area (Å²) in [7, 11) is -2.49. The van der Waals surface area contributed by atoms with Gasteiger partial charge in [-0.2, -0.15) is 0 Å². The Morgan fingerprint density at radius 1 is 0.800 bits per heavy atom. The van der Waals surface area contributed by atoms with Crippen molar-refractivity contribution >= 4 is 8.60 Å². The van der Waals surface area contributed by atoms with E-state index < -0.39 is 8.60 Å². The average molecular weight is 423 g/mol. The molecule has 3 nitrogen and oxygen atoms in total. The molecule has 0 spiro atoms. The fraction of sp³-hybridized carbons (Fsp3) is 0.308. The van der Waals surface area contributed by atoms with Crippen LogP contribution >= 0.6 is 8.60 Å². The Hall–Kier alpha value is -2.19. The second kappa shape index (κ2) is 10.7. The minimum Gasteiger partial charge on any atom is -0.427 e. The molecule has 3 aromatic rings. The summed E-state index contributed by atoms with van der Waals surface area (Å²) < 4.78 is 5.57. The van der Waals surface area contributed by atoms with Gasteiger partial charge in [0.1, 0.15) is 5.75 Å². The Kier molecular flexibility index (Phi) is 8.04. The van der Waals surface area contributed by atoms with E-state index in [1.807, 2.05) is 12.1 Å². The zero-order chi connectivity index (χ0) is 21.5. The van der Waals surface area contributed by atoms with E-state index in [1.165, 1.54) is 22.3 Å². The number of aryl methyl sites for hydroxylation is 1. The second-order valence-electron chi connectivity index (χ2n) is 7.43. The van der Waals surface area contributed by atoms with E-state index in [1.54, 1.807) is 0 Å². The Morgan fingerprint density at radius 2 is 1.50 bits per heavy atom. The lowest BCUT2D eigenvalue weighted by Crippen LogP contribution is -2.04. The summed E-state index contributed by atoms with van der Waals surface area (Å²) in [6, 6.07) is 20.9. The first-order chi connectivity index (χ1) is 14.6. The molecule has 0 aromatic heterocycles. The number of unbranched alkanes of at least 4 members (excludes halogenated alkanes) is 1. The van der Waals surface area contributed by atoms with Crippen LogP contribution in [0.15, 0.2) is 60.7 Å². The minimum absolute atomic E-state index is 0.564. The van der Waals surface area contributed by atoms with E-state index in [2.05, 4.69) is 69.3 Å². The van der Waals surface area contributed by atoms with Crippen molar-refractivity contribution in [2.75, 3.05) is 0 Å². The highest BCUT2D eigenvalue weighted by Gasteiger charge is 2.22. The molecule has 3 rings (SSSR count). The number of rotatable bonds is 9. The Morgan fingerprint density at radius 3 is 2.13 bits per heavy atom. The van der Waals surface area contributed by atoms with Crippen LogP contribution in [0.5, 0.6) is 5.75 Å². The molecule has 2 N–H and O–H groups in total. The maximum atomic E-state index is 9.66. The lowest BCUT2D eigenvalue weighted by molar-refractivity contribution is 0.373. The van der Waals surface area contributed by atoms with Gasteiger partial charge in [0.05, 0.1) is 0 Å². The Bertz CT molecular complexity index is 968. The van der Waals surface area contributed by atoms with Gasteiger partial charge in [0.15, 0.2) is 0 Å². The summed E-state index contributed by atoms with van der Waals surface area (Å²) in [4.78, 5) is 19.3. The van der Waals surface area contributed by atoms with Crippen LogP contribution in [0.4, 0.5) is 0 Å². The van der Waals surface area contributed by atoms with Crippen molar-refractivity contribution in [3.05, 3.63) is 77.4 Å². The third kappa shape index (κ3) is 4.92. The third-order valence-corrected chi connectivity index (χ3v) is 5.93. The van der Waals surface area contributed by atoms with Gasteiger partial charge >= 0.3 is 8.60 Å². The van der Waals surface area contributed by atoms with Crippen LogP contribution in [-0.4, -0.2) is 9.79 Å². The lowest BCUT2D eigenvalue weighted by atomic mass is 9.83. The number of hydrogen-bond donors (Lipinski definition) is 2. The van der Waals surface area contributed by atoms with E-state index in [4.69, 9.17) is 4.52 Å². The topological polar surface area (TPSA) is 49.7 Å². The van der Waals surface area contributed by atoms with E-state index >= 15 is 0 Å². The van der Waals surface area contributed by atoms with Crippen molar-refractivity contribution < 1.29 is 14.3 Å². The van der Waals surface area contributed by atoms with Crippen molar-refractivity contribution in [2.45, 2.75) is 52.9 Å². The van der Waals surface area contributed by atoms with Gasteiger partial charge in [-0.25, -0.2) is 0 Å². The van der Waals surface area contributed by atoms with E-state index in [0.717, 1.165) is 48.8 Å². The molecule has 0 fully saturated rings. The van der Waals surface area contributed by atoms with E-state index in [9.17, 15) is 9.79 Å². The van der Waals surface area contributed by atoms with Gasteiger partial charge in [0.2, 0.25) is 0 Å². The van der Waals surface area contributed by atoms with Gasteiger partial charge in [-0.05, 0) is 65.1 Å². The van der Waals surface area contributed by atoms with Gasteiger partial charge < -0.3 is 14.3 Å². The SMILES string of the molecule is CCCCc1c(-c2ccccc2CC)cc(OP(O)O)c(CC)c1-c1ccccc1. The zero-order valence-corrected chi connectivity index (χ0v) is 19.0. The quantitative estimate of drug-likeness (QED) is 0.362. The summed E-state index contributed by atoms with van der Waals surface area (Å²) in [5, 5.41) is 0. The van der Waals surface area contributed by atoms with Crippen molar-refractivity contribution in [2.24, 2.45) is 0 Å². The van der Waals surface area contributed by atoms with Gasteiger partial charge in [-0.3, -0.25) is 0 Å². The highest BCUT2D eigenvalue weighted by Crippen LogP contribution is 2.45. The van der Waals surface area contributed by atoms with Gasteiger partial charge in [0.25, 0.3) is 0 Å². The third-order valence-electron chi connectivity index (χ3n) is 5.57. The highest BCUT2D eigenvalue weighted by atomic mass is 31.2. The number of hydrogen-bond acceptors (Lipinski definition) is 3. The summed E-state index contributed by atoms with van der Waals surface area (Å²) in [6.45, 7) is 6.47. The summed E-state index contributed by atoms with van der Waals surface area (Å²) in [5.74, 6) is 0.564. The second-order valence-corrected chi connectivity index (χ2v) is 8.12. The first kappa shape index (κ1) is 22.5. The molecule has 0 amide bonds. The van der Waals surface area contributed by atoms with Gasteiger partial charge in [-0.15, -0.1) is 0 Å². The molecule has 0 saturated carbocycles. The monoisotopic (exact) mass is 422 g/mol. The molecule has 30 heavy (non-hydrogen) atoms. The van der Waals surface area contributed by atoms with Gasteiger partial charge in [-0.1, -0.05) is 81.8 Å². The summed E-state index contributed by atoms with van der Waals surface area (Å²) in [5.41, 5.74) is 8.25. The van der Waals surface area contributed by atoms with Crippen molar-refractivity contribution in [1.82, 2.24) is 0 Å². The van der Waals surface area contributed by atoms with Crippen molar-refractivity contribution in [1.29, 1.82) is 0 Å². The lowest BCUT2D eigenvalue weighted by Gasteiger charge is -2.23. The van der Waals surface area contributed by atoms with Crippen molar-refractivity contribution in [3.8, 4) is 28.0 Å². The first-order valence-electron chi connectivity index (χ1n) is 10.8. The molecule has 0 unspecified atom stereocenters.